The van der Waals surface area contributed by atoms with Gasteiger partial charge in [0.05, 0.1) is 5.69 Å². The molecule has 0 saturated heterocycles. The van der Waals surface area contributed by atoms with Crippen molar-refractivity contribution in [2.45, 2.75) is 58.4 Å². The van der Waals surface area contributed by atoms with E-state index in [1.165, 1.54) is 44.2 Å². The molecule has 98 valence electrons. The van der Waals surface area contributed by atoms with Crippen molar-refractivity contribution in [2.75, 3.05) is 6.54 Å². The van der Waals surface area contributed by atoms with Gasteiger partial charge < -0.3 is 5.32 Å². The number of hydrogen-bond donors (Lipinski definition) is 1. The Morgan fingerprint density at radius 1 is 1.24 bits per heavy atom. The van der Waals surface area contributed by atoms with E-state index in [0.717, 1.165) is 6.54 Å². The minimum absolute atomic E-state index is 0.401. The Kier molecular flexibility index (Phi) is 6.94. The van der Waals surface area contributed by atoms with Crippen LogP contribution in [0.5, 0.6) is 0 Å². The Morgan fingerprint density at radius 3 is 2.59 bits per heavy atom. The first-order chi connectivity index (χ1) is 8.25. The zero-order valence-electron chi connectivity index (χ0n) is 11.6. The number of aryl methyl sites for hydroxylation is 1. The minimum atomic E-state index is 0.401. The Bertz CT molecular complexity index is 293. The molecule has 0 bridgehead atoms. The first kappa shape index (κ1) is 14.2. The summed E-state index contributed by atoms with van der Waals surface area (Å²) < 4.78 is 1.94. The van der Waals surface area contributed by atoms with Gasteiger partial charge in [-0.15, -0.1) is 0 Å². The molecule has 1 heterocycles. The van der Waals surface area contributed by atoms with Crippen molar-refractivity contribution >= 4 is 0 Å². The summed E-state index contributed by atoms with van der Waals surface area (Å²) in [5.74, 6) is 0. The van der Waals surface area contributed by atoms with Crippen molar-refractivity contribution in [1.29, 1.82) is 0 Å². The van der Waals surface area contributed by atoms with Crippen molar-refractivity contribution in [3.05, 3.63) is 18.0 Å². The van der Waals surface area contributed by atoms with Gasteiger partial charge in [-0.05, 0) is 26.0 Å². The van der Waals surface area contributed by atoms with Crippen LogP contribution in [-0.2, 0) is 7.05 Å². The Morgan fingerprint density at radius 2 is 1.94 bits per heavy atom. The fraction of sp³-hybridized carbons (Fsp3) is 0.786. The lowest BCUT2D eigenvalue weighted by molar-refractivity contribution is 0.503. The highest BCUT2D eigenvalue weighted by atomic mass is 15.3. The van der Waals surface area contributed by atoms with E-state index < -0.39 is 0 Å². The van der Waals surface area contributed by atoms with Gasteiger partial charge in [-0.2, -0.15) is 5.10 Å². The maximum absolute atomic E-state index is 4.19. The average Bonchev–Trinajstić information content (AvgIpc) is 2.74. The molecule has 1 unspecified atom stereocenters. The zero-order valence-corrected chi connectivity index (χ0v) is 11.6. The number of aromatic nitrogens is 2. The smallest absolute Gasteiger partial charge is 0.0547 e. The van der Waals surface area contributed by atoms with E-state index in [2.05, 4.69) is 30.3 Å². The summed E-state index contributed by atoms with van der Waals surface area (Å²) in [6.45, 7) is 5.57. The number of hydrogen-bond acceptors (Lipinski definition) is 2. The third kappa shape index (κ3) is 5.35. The van der Waals surface area contributed by atoms with Crippen LogP contribution in [0, 0.1) is 0 Å². The highest BCUT2D eigenvalue weighted by Crippen LogP contribution is 2.10. The number of nitrogens with zero attached hydrogens (tertiary/aromatic N) is 2. The summed E-state index contributed by atoms with van der Waals surface area (Å²) in [4.78, 5) is 0. The molecule has 0 aromatic carbocycles. The fourth-order valence-corrected chi connectivity index (χ4v) is 2.14. The predicted molar refractivity (Wildman–Crippen MR) is 73.0 cm³/mol. The fourth-order valence-electron chi connectivity index (χ4n) is 2.14. The molecule has 0 radical (unpaired) electrons. The molecule has 3 heteroatoms. The summed E-state index contributed by atoms with van der Waals surface area (Å²) in [7, 11) is 2.00. The van der Waals surface area contributed by atoms with Gasteiger partial charge in [0.2, 0.25) is 0 Å². The van der Waals surface area contributed by atoms with E-state index in [4.69, 9.17) is 0 Å². The summed E-state index contributed by atoms with van der Waals surface area (Å²) >= 11 is 0. The molecule has 0 fully saturated rings. The maximum Gasteiger partial charge on any atom is 0.0547 e. The second kappa shape index (κ2) is 8.29. The standard InChI is InChI=1S/C14H27N3/c1-4-5-6-7-8-9-11-15-13(2)14-10-12-16-17(14)3/h10,12-13,15H,4-9,11H2,1-3H3. The van der Waals surface area contributed by atoms with Crippen LogP contribution in [0.3, 0.4) is 0 Å². The number of nitrogens with one attached hydrogen (secondary N) is 1. The lowest BCUT2D eigenvalue weighted by atomic mass is 10.1. The molecule has 17 heavy (non-hydrogen) atoms. The van der Waals surface area contributed by atoms with Crippen LogP contribution < -0.4 is 5.32 Å². The van der Waals surface area contributed by atoms with Gasteiger partial charge in [0.1, 0.15) is 0 Å². The summed E-state index contributed by atoms with van der Waals surface area (Å²) in [6, 6.07) is 2.48. The molecule has 0 spiro atoms. The Hall–Kier alpha value is -0.830. The van der Waals surface area contributed by atoms with Gasteiger partial charge in [0.25, 0.3) is 0 Å². The molecule has 0 aliphatic rings. The van der Waals surface area contributed by atoms with Gasteiger partial charge in [-0.1, -0.05) is 39.0 Å². The predicted octanol–water partition coefficient (Wildman–Crippen LogP) is 3.43. The lowest BCUT2D eigenvalue weighted by Crippen LogP contribution is -2.22. The molecule has 1 N–H and O–H groups in total. The highest BCUT2D eigenvalue weighted by Gasteiger charge is 2.07. The molecule has 1 rings (SSSR count). The van der Waals surface area contributed by atoms with E-state index >= 15 is 0 Å². The van der Waals surface area contributed by atoms with Gasteiger partial charge >= 0.3 is 0 Å². The third-order valence-electron chi connectivity index (χ3n) is 3.28. The molecule has 3 nitrogen and oxygen atoms in total. The molecular formula is C14H27N3. The van der Waals surface area contributed by atoms with Crippen LogP contribution in [0.2, 0.25) is 0 Å². The normalized spacial score (nSPS) is 12.9. The quantitative estimate of drug-likeness (QED) is 0.667. The van der Waals surface area contributed by atoms with Crippen LogP contribution in [0.1, 0.15) is 64.1 Å². The maximum atomic E-state index is 4.19. The molecular weight excluding hydrogens is 210 g/mol. The second-order valence-electron chi connectivity index (χ2n) is 4.82. The van der Waals surface area contributed by atoms with Gasteiger partial charge in [0.15, 0.2) is 0 Å². The summed E-state index contributed by atoms with van der Waals surface area (Å²) in [5, 5.41) is 7.75. The van der Waals surface area contributed by atoms with Crippen LogP contribution in [0.4, 0.5) is 0 Å². The van der Waals surface area contributed by atoms with Crippen molar-refractivity contribution in [2.24, 2.45) is 7.05 Å². The highest BCUT2D eigenvalue weighted by molar-refractivity contribution is 5.04. The van der Waals surface area contributed by atoms with Crippen molar-refractivity contribution < 1.29 is 0 Å². The summed E-state index contributed by atoms with van der Waals surface area (Å²) in [6.07, 6.45) is 9.99. The molecule has 1 aromatic rings. The SMILES string of the molecule is CCCCCCCCNC(C)c1ccnn1C. The van der Waals surface area contributed by atoms with Crippen molar-refractivity contribution in [3.63, 3.8) is 0 Å². The van der Waals surface area contributed by atoms with E-state index in [1.54, 1.807) is 0 Å². The van der Waals surface area contributed by atoms with E-state index in [9.17, 15) is 0 Å². The monoisotopic (exact) mass is 237 g/mol. The largest absolute Gasteiger partial charge is 0.309 e. The second-order valence-corrected chi connectivity index (χ2v) is 4.82. The van der Waals surface area contributed by atoms with E-state index in [0.29, 0.717) is 6.04 Å². The molecule has 0 aliphatic carbocycles. The Balaban J connectivity index is 2.05. The van der Waals surface area contributed by atoms with Crippen LogP contribution >= 0.6 is 0 Å². The van der Waals surface area contributed by atoms with Crippen LogP contribution in [0.15, 0.2) is 12.3 Å². The average molecular weight is 237 g/mol. The third-order valence-corrected chi connectivity index (χ3v) is 3.28. The van der Waals surface area contributed by atoms with Crippen molar-refractivity contribution in [3.8, 4) is 0 Å². The minimum Gasteiger partial charge on any atom is -0.309 e. The number of unbranched alkanes of at least 4 members (excludes halogenated alkanes) is 5. The van der Waals surface area contributed by atoms with E-state index in [-0.39, 0.29) is 0 Å². The molecule has 1 aromatic heterocycles. The molecule has 0 amide bonds. The van der Waals surface area contributed by atoms with E-state index in [1.807, 2.05) is 17.9 Å². The van der Waals surface area contributed by atoms with Crippen LogP contribution in [-0.4, -0.2) is 16.3 Å². The van der Waals surface area contributed by atoms with Gasteiger partial charge in [-0.25, -0.2) is 0 Å². The zero-order chi connectivity index (χ0) is 12.5. The first-order valence-electron chi connectivity index (χ1n) is 6.97. The molecule has 0 aliphatic heterocycles. The number of rotatable bonds is 9. The van der Waals surface area contributed by atoms with Crippen LogP contribution in [0.25, 0.3) is 0 Å². The molecule has 0 saturated carbocycles. The molecule has 1 atom stereocenters. The lowest BCUT2D eigenvalue weighted by Gasteiger charge is -2.13. The Labute approximate surface area is 106 Å². The summed E-state index contributed by atoms with van der Waals surface area (Å²) in [5.41, 5.74) is 1.26. The van der Waals surface area contributed by atoms with Gasteiger partial charge in [0, 0.05) is 19.3 Å². The first-order valence-corrected chi connectivity index (χ1v) is 6.97. The van der Waals surface area contributed by atoms with Gasteiger partial charge in [-0.3, -0.25) is 4.68 Å². The topological polar surface area (TPSA) is 29.9 Å². The van der Waals surface area contributed by atoms with Crippen molar-refractivity contribution in [1.82, 2.24) is 15.1 Å².